The number of carbonyl (C=O) groups is 1. The molecule has 1 amide bonds. The molecule has 0 aliphatic carbocycles. The normalized spacial score (nSPS) is 12.8. The summed E-state index contributed by atoms with van der Waals surface area (Å²) in [6.45, 7) is 0.216. The number of fused-ring (bicyclic) bond motifs is 1. The maximum atomic E-state index is 12.5. The summed E-state index contributed by atoms with van der Waals surface area (Å²) in [5.41, 5.74) is -0.855. The minimum Gasteiger partial charge on any atom is -0.489 e. The summed E-state index contributed by atoms with van der Waals surface area (Å²) in [7, 11) is 0. The van der Waals surface area contributed by atoms with Gasteiger partial charge in [0.2, 0.25) is 5.91 Å². The van der Waals surface area contributed by atoms with Crippen LogP contribution >= 0.6 is 11.6 Å². The quantitative estimate of drug-likeness (QED) is 0.461. The van der Waals surface area contributed by atoms with E-state index < -0.39 is 23.1 Å². The monoisotopic (exact) mass is 446 g/mol. The van der Waals surface area contributed by atoms with Gasteiger partial charge in [0.1, 0.15) is 12.2 Å². The molecule has 0 radical (unpaired) electrons. The highest BCUT2D eigenvalue weighted by molar-refractivity contribution is 6.32. The molecule has 2 aromatic carbocycles. The zero-order valence-corrected chi connectivity index (χ0v) is 16.6. The van der Waals surface area contributed by atoms with E-state index in [9.17, 15) is 19.7 Å². The molecule has 1 aromatic heterocycles. The Morgan fingerprint density at radius 2 is 1.90 bits per heavy atom. The largest absolute Gasteiger partial charge is 0.489 e. The number of carbonyl (C=O) groups excluding carboxylic acids is 1. The van der Waals surface area contributed by atoms with E-state index in [0.29, 0.717) is 25.3 Å². The molecule has 0 bridgehead atoms. The van der Waals surface area contributed by atoms with E-state index in [0.717, 1.165) is 9.36 Å². The van der Waals surface area contributed by atoms with Gasteiger partial charge in [-0.1, -0.05) is 23.7 Å². The molecule has 1 aliphatic heterocycles. The summed E-state index contributed by atoms with van der Waals surface area (Å²) in [5, 5.41) is 21.5. The zero-order valence-electron chi connectivity index (χ0n) is 15.9. The van der Waals surface area contributed by atoms with Crippen LogP contribution in [0.2, 0.25) is 5.02 Å². The topological polar surface area (TPSA) is 143 Å². The number of para-hydroxylation sites is 1. The molecule has 1 aliphatic rings. The van der Waals surface area contributed by atoms with Crippen molar-refractivity contribution in [2.75, 3.05) is 18.5 Å². The molecular formula is C18H15ClN6O6. The summed E-state index contributed by atoms with van der Waals surface area (Å²) in [6.07, 6.45) is 0.619. The molecule has 0 atom stereocenters. The van der Waals surface area contributed by atoms with Gasteiger partial charge in [0.15, 0.2) is 11.5 Å². The zero-order chi connectivity index (χ0) is 22.0. The number of nitrogens with one attached hydrogen (secondary N) is 1. The summed E-state index contributed by atoms with van der Waals surface area (Å²) >= 11 is 6.07. The first kappa shape index (κ1) is 20.3. The van der Waals surface area contributed by atoms with E-state index in [-0.39, 0.29) is 27.9 Å². The molecule has 4 rings (SSSR count). The molecule has 3 aromatic rings. The highest BCUT2D eigenvalue weighted by Crippen LogP contribution is 2.39. The molecule has 13 heteroatoms. The number of halogens is 1. The number of benzene rings is 2. The molecule has 1 N–H and O–H groups in total. The van der Waals surface area contributed by atoms with Crippen LogP contribution in [0.15, 0.2) is 41.2 Å². The second kappa shape index (κ2) is 8.44. The van der Waals surface area contributed by atoms with Crippen LogP contribution in [0.3, 0.4) is 0 Å². The van der Waals surface area contributed by atoms with Gasteiger partial charge in [-0.25, -0.2) is 4.79 Å². The SMILES string of the molecule is O=C(Cn1nnn(-c2ccccc2Cl)c1=O)Nc1cc2c(cc1[N+](=O)[O-])OCCCO2. The highest BCUT2D eigenvalue weighted by Gasteiger charge is 2.23. The molecule has 0 saturated carbocycles. The van der Waals surface area contributed by atoms with Gasteiger partial charge >= 0.3 is 5.69 Å². The van der Waals surface area contributed by atoms with E-state index in [1.54, 1.807) is 24.3 Å². The van der Waals surface area contributed by atoms with Gasteiger partial charge in [0.25, 0.3) is 5.69 Å². The van der Waals surface area contributed by atoms with E-state index in [2.05, 4.69) is 15.7 Å². The third-order valence-corrected chi connectivity index (χ3v) is 4.67. The van der Waals surface area contributed by atoms with Crippen LogP contribution < -0.4 is 20.5 Å². The fourth-order valence-corrected chi connectivity index (χ4v) is 3.14. The molecule has 0 spiro atoms. The lowest BCUT2D eigenvalue weighted by Gasteiger charge is -2.11. The van der Waals surface area contributed by atoms with E-state index in [4.69, 9.17) is 21.1 Å². The predicted molar refractivity (Wildman–Crippen MR) is 108 cm³/mol. The standard InChI is InChI=1S/C18H15ClN6O6/c19-11-4-1-2-5-13(11)24-18(27)23(21-22-24)10-17(26)20-12-8-15-16(9-14(12)25(28)29)31-7-3-6-30-15/h1-2,4-5,8-9H,3,6-7,10H2,(H,20,26). The number of ether oxygens (including phenoxy) is 2. The van der Waals surface area contributed by atoms with Crippen molar-refractivity contribution in [2.45, 2.75) is 13.0 Å². The molecular weight excluding hydrogens is 432 g/mol. The Bertz CT molecular complexity index is 1220. The van der Waals surface area contributed by atoms with Gasteiger partial charge < -0.3 is 14.8 Å². The number of tetrazole rings is 1. The van der Waals surface area contributed by atoms with Gasteiger partial charge in [-0.05, 0) is 22.6 Å². The van der Waals surface area contributed by atoms with Crippen LogP contribution in [0, 0.1) is 10.1 Å². The number of aromatic nitrogens is 4. The van der Waals surface area contributed by atoms with Gasteiger partial charge in [-0.3, -0.25) is 14.9 Å². The van der Waals surface area contributed by atoms with Crippen molar-refractivity contribution in [1.82, 2.24) is 19.8 Å². The van der Waals surface area contributed by atoms with Crippen molar-refractivity contribution in [1.29, 1.82) is 0 Å². The minimum atomic E-state index is -0.717. The Morgan fingerprint density at radius 1 is 1.19 bits per heavy atom. The van der Waals surface area contributed by atoms with Crippen LogP contribution in [0.4, 0.5) is 11.4 Å². The molecule has 0 unspecified atom stereocenters. The maximum Gasteiger partial charge on any atom is 0.369 e. The van der Waals surface area contributed by atoms with Gasteiger partial charge in [-0.15, -0.1) is 0 Å². The number of rotatable bonds is 5. The second-order valence-electron chi connectivity index (χ2n) is 6.45. The number of anilines is 1. The molecule has 0 fully saturated rings. The average Bonchev–Trinajstić information content (AvgIpc) is 2.94. The van der Waals surface area contributed by atoms with Crippen LogP contribution in [-0.2, 0) is 11.3 Å². The first-order valence-electron chi connectivity index (χ1n) is 9.09. The van der Waals surface area contributed by atoms with Gasteiger partial charge in [-0.2, -0.15) is 9.36 Å². The van der Waals surface area contributed by atoms with Gasteiger partial charge in [0, 0.05) is 12.5 Å². The summed E-state index contributed by atoms with van der Waals surface area (Å²) in [5.74, 6) is -0.216. The minimum absolute atomic E-state index is 0.0919. The van der Waals surface area contributed by atoms with Crippen LogP contribution in [0.5, 0.6) is 11.5 Å². The van der Waals surface area contributed by atoms with Gasteiger partial charge in [0.05, 0.1) is 34.9 Å². The molecule has 31 heavy (non-hydrogen) atoms. The number of nitro benzene ring substituents is 1. The lowest BCUT2D eigenvalue weighted by atomic mass is 10.2. The van der Waals surface area contributed by atoms with Crippen molar-refractivity contribution in [3.8, 4) is 17.2 Å². The number of hydrogen-bond donors (Lipinski definition) is 1. The van der Waals surface area contributed by atoms with Crippen LogP contribution in [0.1, 0.15) is 6.42 Å². The average molecular weight is 447 g/mol. The highest BCUT2D eigenvalue weighted by atomic mass is 35.5. The van der Waals surface area contributed by atoms with Crippen molar-refractivity contribution in [3.05, 3.63) is 62.0 Å². The third kappa shape index (κ3) is 4.19. The lowest BCUT2D eigenvalue weighted by Crippen LogP contribution is -2.30. The Hall–Kier alpha value is -3.93. The molecule has 0 saturated heterocycles. The lowest BCUT2D eigenvalue weighted by molar-refractivity contribution is -0.384. The van der Waals surface area contributed by atoms with E-state index in [1.807, 2.05) is 0 Å². The Morgan fingerprint density at radius 3 is 2.61 bits per heavy atom. The summed E-state index contributed by atoms with van der Waals surface area (Å²) < 4.78 is 12.7. The van der Waals surface area contributed by atoms with Crippen LogP contribution in [-0.4, -0.2) is 43.8 Å². The fourth-order valence-electron chi connectivity index (χ4n) is 2.92. The smallest absolute Gasteiger partial charge is 0.369 e. The number of nitrogens with zero attached hydrogens (tertiary/aromatic N) is 5. The molecule has 2 heterocycles. The third-order valence-electron chi connectivity index (χ3n) is 4.35. The Balaban J connectivity index is 1.57. The van der Waals surface area contributed by atoms with Crippen molar-refractivity contribution < 1.29 is 19.2 Å². The van der Waals surface area contributed by atoms with E-state index in [1.165, 1.54) is 12.1 Å². The van der Waals surface area contributed by atoms with Crippen molar-refractivity contribution in [3.63, 3.8) is 0 Å². The Kier molecular flexibility index (Phi) is 5.54. The molecule has 160 valence electrons. The van der Waals surface area contributed by atoms with Crippen molar-refractivity contribution >= 4 is 28.9 Å². The molecule has 12 nitrogen and oxygen atoms in total. The summed E-state index contributed by atoms with van der Waals surface area (Å²) in [6, 6.07) is 9.03. The summed E-state index contributed by atoms with van der Waals surface area (Å²) in [4.78, 5) is 35.8. The van der Waals surface area contributed by atoms with Crippen molar-refractivity contribution in [2.24, 2.45) is 0 Å². The van der Waals surface area contributed by atoms with E-state index >= 15 is 0 Å². The first-order chi connectivity index (χ1) is 14.9. The first-order valence-corrected chi connectivity index (χ1v) is 9.47. The second-order valence-corrected chi connectivity index (χ2v) is 6.86. The number of hydrogen-bond acceptors (Lipinski definition) is 8. The maximum absolute atomic E-state index is 12.5. The van der Waals surface area contributed by atoms with Crippen LogP contribution in [0.25, 0.3) is 5.69 Å². The number of amides is 1. The number of nitro groups is 1. The predicted octanol–water partition coefficient (Wildman–Crippen LogP) is 1.79. The fraction of sp³-hybridized carbons (Fsp3) is 0.222. The Labute approximate surface area is 179 Å².